The topological polar surface area (TPSA) is 92.0 Å². The average molecular weight is 332 g/mol. The summed E-state index contributed by atoms with van der Waals surface area (Å²) in [7, 11) is 3.52. The maximum absolute atomic E-state index is 13.2. The molecule has 0 saturated heterocycles. The van der Waals surface area contributed by atoms with Crippen molar-refractivity contribution in [3.8, 4) is 0 Å². The predicted octanol–water partition coefficient (Wildman–Crippen LogP) is 2.41. The summed E-state index contributed by atoms with van der Waals surface area (Å²) in [5.41, 5.74) is 2.62. The number of aromatic nitrogens is 3. The van der Waals surface area contributed by atoms with Gasteiger partial charge in [-0.3, -0.25) is 5.43 Å². The van der Waals surface area contributed by atoms with Crippen LogP contribution in [0.15, 0.2) is 12.1 Å². The molecule has 0 saturated carbocycles. The lowest BCUT2D eigenvalue weighted by atomic mass is 10.3. The molecule has 2 aromatic rings. The van der Waals surface area contributed by atoms with Gasteiger partial charge in [0.05, 0.1) is 15.7 Å². The Kier molecular flexibility index (Phi) is 4.61. The maximum atomic E-state index is 13.2. The molecule has 0 fully saturated rings. The smallest absolute Gasteiger partial charge is 0.243 e. The molecule has 0 spiro atoms. The summed E-state index contributed by atoms with van der Waals surface area (Å²) in [5.74, 6) is 5.46. The Morgan fingerprint density at radius 3 is 2.19 bits per heavy atom. The molecule has 112 valence electrons. The second-order valence-corrected chi connectivity index (χ2v) is 5.01. The van der Waals surface area contributed by atoms with Crippen LogP contribution in [0.1, 0.15) is 0 Å². The molecule has 0 atom stereocenters. The fourth-order valence-corrected chi connectivity index (χ4v) is 2.01. The molecule has 0 aliphatic rings. The van der Waals surface area contributed by atoms with E-state index >= 15 is 0 Å². The van der Waals surface area contributed by atoms with E-state index in [1.165, 1.54) is 0 Å². The van der Waals surface area contributed by atoms with Crippen LogP contribution in [0.4, 0.5) is 27.9 Å². The number of nitrogens with zero attached hydrogens (tertiary/aromatic N) is 4. The van der Waals surface area contributed by atoms with Crippen molar-refractivity contribution in [1.29, 1.82) is 0 Å². The molecule has 2 rings (SSSR count). The van der Waals surface area contributed by atoms with E-state index in [-0.39, 0.29) is 21.9 Å². The van der Waals surface area contributed by atoms with E-state index in [0.717, 1.165) is 12.1 Å². The van der Waals surface area contributed by atoms with Gasteiger partial charge < -0.3 is 10.2 Å². The van der Waals surface area contributed by atoms with Crippen LogP contribution in [-0.4, -0.2) is 29.0 Å². The molecule has 0 radical (unpaired) electrons. The van der Waals surface area contributed by atoms with Gasteiger partial charge in [0.2, 0.25) is 17.8 Å². The van der Waals surface area contributed by atoms with Crippen LogP contribution >= 0.6 is 23.2 Å². The van der Waals surface area contributed by atoms with E-state index < -0.39 is 5.82 Å². The van der Waals surface area contributed by atoms with Crippen LogP contribution in [0, 0.1) is 5.82 Å². The summed E-state index contributed by atoms with van der Waals surface area (Å²) < 4.78 is 13.2. The summed E-state index contributed by atoms with van der Waals surface area (Å²) in [4.78, 5) is 13.9. The number of rotatable bonds is 4. The van der Waals surface area contributed by atoms with E-state index in [1.807, 2.05) is 0 Å². The highest BCUT2D eigenvalue weighted by molar-refractivity contribution is 6.39. The Bertz CT molecular complexity index is 642. The van der Waals surface area contributed by atoms with Gasteiger partial charge in [0.25, 0.3) is 0 Å². The van der Waals surface area contributed by atoms with E-state index in [9.17, 15) is 4.39 Å². The number of hydrazine groups is 1. The van der Waals surface area contributed by atoms with Crippen LogP contribution in [-0.2, 0) is 0 Å². The van der Waals surface area contributed by atoms with Crippen LogP contribution in [0.2, 0.25) is 10.0 Å². The van der Waals surface area contributed by atoms with E-state index in [4.69, 9.17) is 29.0 Å². The van der Waals surface area contributed by atoms with Gasteiger partial charge in [-0.2, -0.15) is 15.0 Å². The molecular weight excluding hydrogens is 320 g/mol. The lowest BCUT2D eigenvalue weighted by Crippen LogP contribution is -2.18. The van der Waals surface area contributed by atoms with Crippen LogP contribution < -0.4 is 21.5 Å². The minimum atomic E-state index is -0.538. The summed E-state index contributed by atoms with van der Waals surface area (Å²) in [6, 6.07) is 2.26. The molecule has 21 heavy (non-hydrogen) atoms. The number of hydrogen-bond donors (Lipinski definition) is 3. The van der Waals surface area contributed by atoms with Crippen molar-refractivity contribution >= 4 is 46.7 Å². The first-order valence-corrected chi connectivity index (χ1v) is 6.48. The Labute approximate surface area is 130 Å². The predicted molar refractivity (Wildman–Crippen MR) is 81.7 cm³/mol. The molecule has 1 aromatic heterocycles. The fraction of sp³-hybridized carbons (Fsp3) is 0.182. The molecule has 0 amide bonds. The highest BCUT2D eigenvalue weighted by Gasteiger charge is 2.13. The third-order valence-corrected chi connectivity index (χ3v) is 2.99. The maximum Gasteiger partial charge on any atom is 0.243 e. The molecular formula is C11H12Cl2FN7. The number of benzene rings is 1. The fourth-order valence-electron chi connectivity index (χ4n) is 1.46. The van der Waals surface area contributed by atoms with E-state index in [1.54, 1.807) is 19.0 Å². The Morgan fingerprint density at radius 1 is 1.10 bits per heavy atom. The Balaban J connectivity index is 2.42. The van der Waals surface area contributed by atoms with Gasteiger partial charge in [-0.25, -0.2) is 10.2 Å². The first-order valence-electron chi connectivity index (χ1n) is 5.72. The number of nitrogen functional groups attached to an aromatic ring is 1. The number of nitrogens with one attached hydrogen (secondary N) is 2. The third-order valence-electron chi connectivity index (χ3n) is 2.40. The third kappa shape index (κ3) is 3.60. The van der Waals surface area contributed by atoms with Crippen molar-refractivity contribution in [3.63, 3.8) is 0 Å². The van der Waals surface area contributed by atoms with Crippen molar-refractivity contribution in [3.05, 3.63) is 28.0 Å². The van der Waals surface area contributed by atoms with Gasteiger partial charge >= 0.3 is 0 Å². The van der Waals surface area contributed by atoms with Crippen LogP contribution in [0.5, 0.6) is 0 Å². The van der Waals surface area contributed by atoms with Gasteiger partial charge in [0.1, 0.15) is 5.82 Å². The van der Waals surface area contributed by atoms with Crippen LogP contribution in [0.3, 0.4) is 0 Å². The molecule has 0 aliphatic carbocycles. The second kappa shape index (κ2) is 6.25. The molecule has 0 aliphatic heterocycles. The number of halogens is 3. The van der Waals surface area contributed by atoms with Crippen molar-refractivity contribution in [2.24, 2.45) is 5.84 Å². The first-order chi connectivity index (χ1) is 9.90. The molecule has 7 nitrogen and oxygen atoms in total. The summed E-state index contributed by atoms with van der Waals surface area (Å²) in [6.45, 7) is 0. The minimum absolute atomic E-state index is 0.106. The molecule has 10 heteroatoms. The molecule has 0 bridgehead atoms. The van der Waals surface area contributed by atoms with Gasteiger partial charge in [0, 0.05) is 14.1 Å². The number of hydrogen-bond acceptors (Lipinski definition) is 7. The van der Waals surface area contributed by atoms with Crippen molar-refractivity contribution in [1.82, 2.24) is 15.0 Å². The largest absolute Gasteiger partial charge is 0.347 e. The Hall–Kier alpha value is -1.90. The zero-order chi connectivity index (χ0) is 15.6. The SMILES string of the molecule is CN(C)c1nc(NN)nc(Nc2c(Cl)cc(F)cc2Cl)n1. The summed E-state index contributed by atoms with van der Waals surface area (Å²) in [6.07, 6.45) is 0. The van der Waals surface area contributed by atoms with Gasteiger partial charge in [-0.1, -0.05) is 23.2 Å². The highest BCUT2D eigenvalue weighted by atomic mass is 35.5. The lowest BCUT2D eigenvalue weighted by molar-refractivity contribution is 0.628. The first kappa shape index (κ1) is 15.5. The normalized spacial score (nSPS) is 10.4. The second-order valence-electron chi connectivity index (χ2n) is 4.19. The number of anilines is 4. The van der Waals surface area contributed by atoms with Crippen molar-refractivity contribution in [2.75, 3.05) is 29.7 Å². The summed E-state index contributed by atoms with van der Waals surface area (Å²) in [5, 5.41) is 3.03. The molecule has 4 N–H and O–H groups in total. The molecule has 1 heterocycles. The van der Waals surface area contributed by atoms with Gasteiger partial charge in [-0.05, 0) is 12.1 Å². The Morgan fingerprint density at radius 2 is 1.67 bits per heavy atom. The monoisotopic (exact) mass is 331 g/mol. The molecule has 1 aromatic carbocycles. The lowest BCUT2D eigenvalue weighted by Gasteiger charge is -2.14. The van der Waals surface area contributed by atoms with Gasteiger partial charge in [0.15, 0.2) is 0 Å². The van der Waals surface area contributed by atoms with E-state index in [0.29, 0.717) is 11.6 Å². The zero-order valence-electron chi connectivity index (χ0n) is 11.2. The minimum Gasteiger partial charge on any atom is -0.347 e. The molecule has 0 unspecified atom stereocenters. The van der Waals surface area contributed by atoms with E-state index in [2.05, 4.69) is 25.7 Å². The van der Waals surface area contributed by atoms with Crippen molar-refractivity contribution in [2.45, 2.75) is 0 Å². The average Bonchev–Trinajstić information content (AvgIpc) is 2.42. The number of nitrogens with two attached hydrogens (primary N) is 1. The zero-order valence-corrected chi connectivity index (χ0v) is 12.7. The quantitative estimate of drug-likeness (QED) is 0.585. The van der Waals surface area contributed by atoms with Crippen LogP contribution in [0.25, 0.3) is 0 Å². The highest BCUT2D eigenvalue weighted by Crippen LogP contribution is 2.33. The van der Waals surface area contributed by atoms with Gasteiger partial charge in [-0.15, -0.1) is 0 Å². The van der Waals surface area contributed by atoms with Crippen molar-refractivity contribution < 1.29 is 4.39 Å². The standard InChI is InChI=1S/C11H12Cl2FN7/c1-21(2)11-18-9(17-10(19-11)20-15)16-8-6(12)3-5(14)4-7(8)13/h3-4H,15H2,1-2H3,(H2,16,17,18,19,20). The summed E-state index contributed by atoms with van der Waals surface area (Å²) >= 11 is 11.9.